The van der Waals surface area contributed by atoms with Gasteiger partial charge in [0.05, 0.1) is 16.4 Å². The first-order valence-electron chi connectivity index (χ1n) is 12.1. The summed E-state index contributed by atoms with van der Waals surface area (Å²) in [5, 5.41) is 21.0. The molecule has 1 saturated heterocycles. The third-order valence-electron chi connectivity index (χ3n) is 6.14. The maximum absolute atomic E-state index is 12.6. The van der Waals surface area contributed by atoms with Gasteiger partial charge in [0.15, 0.2) is 21.8 Å². The van der Waals surface area contributed by atoms with Crippen LogP contribution in [0.2, 0.25) is 0 Å². The van der Waals surface area contributed by atoms with E-state index in [0.717, 1.165) is 16.7 Å². The maximum Gasteiger partial charge on any atom is 0.286 e. The molecule has 0 radical (unpaired) electrons. The number of carbonyl (C=O) groups is 2. The van der Waals surface area contributed by atoms with Crippen molar-refractivity contribution in [3.8, 4) is 17.2 Å². The number of carbonyl (C=O) groups excluding carboxylic acids is 2. The Labute approximate surface area is 228 Å². The lowest BCUT2D eigenvalue weighted by Gasteiger charge is -2.35. The number of aromatic hydroxyl groups is 2. The van der Waals surface area contributed by atoms with Gasteiger partial charge in [-0.15, -0.1) is 0 Å². The third kappa shape index (κ3) is 5.58. The van der Waals surface area contributed by atoms with Crippen molar-refractivity contribution in [3.05, 3.63) is 62.9 Å². The molecular weight excluding hydrogens is 524 g/mol. The van der Waals surface area contributed by atoms with Crippen molar-refractivity contribution in [3.63, 3.8) is 0 Å². The van der Waals surface area contributed by atoms with Gasteiger partial charge in [-0.3, -0.25) is 9.59 Å². The van der Waals surface area contributed by atoms with Gasteiger partial charge < -0.3 is 24.7 Å². The van der Waals surface area contributed by atoms with Gasteiger partial charge in [0.25, 0.3) is 11.8 Å². The zero-order valence-electron chi connectivity index (χ0n) is 20.9. The Balaban J connectivity index is 1.19. The van der Waals surface area contributed by atoms with Gasteiger partial charge in [0, 0.05) is 26.2 Å². The van der Waals surface area contributed by atoms with Crippen LogP contribution in [-0.2, 0) is 9.59 Å². The predicted octanol–water partition coefficient (Wildman–Crippen LogP) is 4.06. The van der Waals surface area contributed by atoms with Crippen molar-refractivity contribution in [1.29, 1.82) is 0 Å². The Morgan fingerprint density at radius 3 is 1.84 bits per heavy atom. The second-order valence-corrected chi connectivity index (χ2v) is 10.8. The van der Waals surface area contributed by atoms with E-state index in [0.29, 0.717) is 58.7 Å². The van der Waals surface area contributed by atoms with Gasteiger partial charge in [-0.2, -0.15) is 9.98 Å². The van der Waals surface area contributed by atoms with Crippen molar-refractivity contribution in [2.75, 3.05) is 32.8 Å². The number of rotatable bonds is 4. The molecule has 11 heteroatoms. The molecule has 196 valence electrons. The van der Waals surface area contributed by atoms with E-state index in [4.69, 9.17) is 4.74 Å². The first-order valence-corrected chi connectivity index (χ1v) is 13.7. The average Bonchev–Trinajstić information content (AvgIpc) is 3.45. The molecule has 3 heterocycles. The lowest BCUT2D eigenvalue weighted by Crippen LogP contribution is -2.49. The van der Waals surface area contributed by atoms with Crippen LogP contribution >= 0.6 is 23.5 Å². The highest BCUT2D eigenvalue weighted by Crippen LogP contribution is 2.35. The first kappa shape index (κ1) is 25.9. The van der Waals surface area contributed by atoms with Gasteiger partial charge in [-0.1, -0.05) is 12.1 Å². The molecule has 2 N–H and O–H groups in total. The number of piperazine rings is 1. The number of aryl methyl sites for hydroxylation is 1. The molecule has 38 heavy (non-hydrogen) atoms. The zero-order chi connectivity index (χ0) is 26.8. The Hall–Kier alpha value is -3.70. The summed E-state index contributed by atoms with van der Waals surface area (Å²) in [6.07, 6.45) is 3.54. The first-order chi connectivity index (χ1) is 18.3. The van der Waals surface area contributed by atoms with Crippen molar-refractivity contribution < 1.29 is 24.5 Å². The smallest absolute Gasteiger partial charge is 0.286 e. The number of hydrogen-bond donors (Lipinski definition) is 2. The Morgan fingerprint density at radius 2 is 1.34 bits per heavy atom. The van der Waals surface area contributed by atoms with Crippen LogP contribution < -0.4 is 4.74 Å². The summed E-state index contributed by atoms with van der Waals surface area (Å²) in [7, 11) is 0. The van der Waals surface area contributed by atoms with Gasteiger partial charge in [0.2, 0.25) is 0 Å². The predicted molar refractivity (Wildman–Crippen MR) is 151 cm³/mol. The summed E-state index contributed by atoms with van der Waals surface area (Å²) >= 11 is 2.68. The second kappa shape index (κ2) is 11.0. The van der Waals surface area contributed by atoms with Crippen molar-refractivity contribution >= 4 is 57.8 Å². The maximum atomic E-state index is 12.6. The highest BCUT2D eigenvalue weighted by Gasteiger charge is 2.32. The number of phenols is 2. The van der Waals surface area contributed by atoms with Gasteiger partial charge in [0.1, 0.15) is 5.75 Å². The fraction of sp³-hybridized carbons (Fsp3) is 0.259. The molecule has 0 bridgehead atoms. The highest BCUT2D eigenvalue weighted by molar-refractivity contribution is 8.18. The molecule has 0 saturated carbocycles. The molecule has 2 aromatic rings. The standard InChI is InChI=1S/C27H26N4O5S2/c1-3-36-21-13-18(5-7-20(21)33)15-23-25(35)29-27(38-23)31-10-8-30(9-11-31)26-28-24(34)22(37-26)14-17-4-6-19(32)16(2)12-17/h4-7,12-15,32-33H,3,8-11H2,1-2H3/b22-14-,23-15-. The lowest BCUT2D eigenvalue weighted by atomic mass is 10.1. The minimum atomic E-state index is -0.293. The second-order valence-electron chi connectivity index (χ2n) is 8.80. The van der Waals surface area contributed by atoms with E-state index in [1.807, 2.05) is 19.9 Å². The van der Waals surface area contributed by atoms with Gasteiger partial charge in [-0.05, 0) is 90.5 Å². The molecule has 2 amide bonds. The Kier molecular flexibility index (Phi) is 7.48. The number of hydrogen-bond acceptors (Lipinski definition) is 9. The number of thioether (sulfide) groups is 2. The van der Waals surface area contributed by atoms with E-state index in [-0.39, 0.29) is 23.3 Å². The summed E-state index contributed by atoms with van der Waals surface area (Å²) < 4.78 is 5.43. The van der Waals surface area contributed by atoms with Crippen LogP contribution in [0.5, 0.6) is 17.2 Å². The SMILES string of the molecule is CCOc1cc(/C=C2\SC(N3CCN(C4=NC(=O)/C(=C/c5ccc(O)c(C)c5)S4)CC3)=NC2=O)ccc1O. The zero-order valence-corrected chi connectivity index (χ0v) is 22.5. The van der Waals surface area contributed by atoms with Crippen LogP contribution in [0, 0.1) is 6.92 Å². The fourth-order valence-corrected chi connectivity index (χ4v) is 6.05. The molecule has 0 atom stereocenters. The summed E-state index contributed by atoms with van der Waals surface area (Å²) in [5.74, 6) is 0.0868. The van der Waals surface area contributed by atoms with Crippen molar-refractivity contribution in [2.24, 2.45) is 9.98 Å². The van der Waals surface area contributed by atoms with Crippen LogP contribution in [0.25, 0.3) is 12.2 Å². The number of benzene rings is 2. The minimum Gasteiger partial charge on any atom is -0.508 e. The van der Waals surface area contributed by atoms with E-state index < -0.39 is 0 Å². The van der Waals surface area contributed by atoms with Crippen molar-refractivity contribution in [1.82, 2.24) is 9.80 Å². The molecule has 0 spiro atoms. The molecule has 3 aliphatic heterocycles. The highest BCUT2D eigenvalue weighted by atomic mass is 32.2. The van der Waals surface area contributed by atoms with Crippen LogP contribution in [0.1, 0.15) is 23.6 Å². The number of aliphatic imine (C=N–C) groups is 2. The summed E-state index contributed by atoms with van der Waals surface area (Å²) in [4.78, 5) is 38.8. The van der Waals surface area contributed by atoms with E-state index in [1.165, 1.54) is 23.5 Å². The summed E-state index contributed by atoms with van der Waals surface area (Å²) in [6.45, 7) is 6.65. The number of amidine groups is 2. The fourth-order valence-electron chi connectivity index (χ4n) is 4.12. The molecule has 0 unspecified atom stereocenters. The third-order valence-corrected chi connectivity index (χ3v) is 8.23. The number of nitrogens with zero attached hydrogens (tertiary/aromatic N) is 4. The number of ether oxygens (including phenoxy) is 1. The largest absolute Gasteiger partial charge is 0.508 e. The normalized spacial score (nSPS) is 19.9. The van der Waals surface area contributed by atoms with Crippen LogP contribution in [-0.4, -0.2) is 74.9 Å². The Bertz CT molecular complexity index is 1420. The van der Waals surface area contributed by atoms with Crippen LogP contribution in [0.4, 0.5) is 0 Å². The Morgan fingerprint density at radius 1 is 0.842 bits per heavy atom. The van der Waals surface area contributed by atoms with Gasteiger partial charge >= 0.3 is 0 Å². The molecule has 0 aromatic heterocycles. The quantitative estimate of drug-likeness (QED) is 0.544. The molecule has 0 aliphatic carbocycles. The summed E-state index contributed by atoms with van der Waals surface area (Å²) in [6, 6.07) is 10.2. The van der Waals surface area contributed by atoms with Gasteiger partial charge in [-0.25, -0.2) is 0 Å². The minimum absolute atomic E-state index is 0.0546. The molecule has 1 fully saturated rings. The van der Waals surface area contributed by atoms with Crippen LogP contribution in [0.3, 0.4) is 0 Å². The van der Waals surface area contributed by atoms with E-state index in [1.54, 1.807) is 42.5 Å². The van der Waals surface area contributed by atoms with E-state index in [9.17, 15) is 19.8 Å². The van der Waals surface area contributed by atoms with Crippen LogP contribution in [0.15, 0.2) is 56.2 Å². The number of phenolic OH excluding ortho intramolecular Hbond substituents is 2. The average molecular weight is 551 g/mol. The number of amides is 2. The topological polar surface area (TPSA) is 115 Å². The van der Waals surface area contributed by atoms with Crippen molar-refractivity contribution in [2.45, 2.75) is 13.8 Å². The lowest BCUT2D eigenvalue weighted by molar-refractivity contribution is -0.114. The molecular formula is C27H26N4O5S2. The summed E-state index contributed by atoms with van der Waals surface area (Å²) in [5.41, 5.74) is 2.33. The molecule has 2 aromatic carbocycles. The molecule has 9 nitrogen and oxygen atoms in total. The monoisotopic (exact) mass is 550 g/mol. The van der Waals surface area contributed by atoms with E-state index >= 15 is 0 Å². The molecule has 5 rings (SSSR count). The van der Waals surface area contributed by atoms with E-state index in [2.05, 4.69) is 19.8 Å². The molecule has 3 aliphatic rings.